The molecule has 0 aliphatic carbocycles. The number of hydrogen-bond donors (Lipinski definition) is 1. The van der Waals surface area contributed by atoms with Gasteiger partial charge in [-0.3, -0.25) is 9.59 Å². The summed E-state index contributed by atoms with van der Waals surface area (Å²) < 4.78 is 0. The van der Waals surface area contributed by atoms with Gasteiger partial charge in [0.25, 0.3) is 0 Å². The Labute approximate surface area is 120 Å². The average molecular weight is 286 g/mol. The van der Waals surface area contributed by atoms with Crippen LogP contribution in [0.2, 0.25) is 0 Å². The molecule has 0 radical (unpaired) electrons. The topological polar surface area (TPSA) is 49.4 Å². The SMILES string of the molecule is CCSCCC(C)N1C(=O)C(CC)NC(=O)C1CC. The Morgan fingerprint density at radius 1 is 1.26 bits per heavy atom. The molecule has 0 saturated carbocycles. The zero-order chi connectivity index (χ0) is 14.4. The molecule has 0 aromatic heterocycles. The first-order chi connectivity index (χ1) is 9.06. The van der Waals surface area contributed by atoms with Crippen molar-refractivity contribution in [2.24, 2.45) is 0 Å². The molecule has 110 valence electrons. The third kappa shape index (κ3) is 3.88. The first-order valence-electron chi connectivity index (χ1n) is 7.27. The summed E-state index contributed by atoms with van der Waals surface area (Å²) in [6.07, 6.45) is 2.29. The van der Waals surface area contributed by atoms with E-state index < -0.39 is 0 Å². The highest BCUT2D eigenvalue weighted by atomic mass is 32.2. The Hall–Kier alpha value is -0.710. The fourth-order valence-electron chi connectivity index (χ4n) is 2.51. The van der Waals surface area contributed by atoms with E-state index in [4.69, 9.17) is 0 Å². The third-order valence-electron chi connectivity index (χ3n) is 3.66. The van der Waals surface area contributed by atoms with Crippen molar-refractivity contribution in [2.45, 2.75) is 65.1 Å². The van der Waals surface area contributed by atoms with Gasteiger partial charge in [-0.05, 0) is 37.7 Å². The molecular weight excluding hydrogens is 260 g/mol. The van der Waals surface area contributed by atoms with E-state index in [0.717, 1.165) is 17.9 Å². The van der Waals surface area contributed by atoms with Crippen LogP contribution in [-0.4, -0.2) is 46.3 Å². The molecule has 1 aliphatic heterocycles. The molecule has 19 heavy (non-hydrogen) atoms. The van der Waals surface area contributed by atoms with Crippen LogP contribution in [0.25, 0.3) is 0 Å². The van der Waals surface area contributed by atoms with E-state index in [2.05, 4.69) is 19.2 Å². The van der Waals surface area contributed by atoms with Crippen molar-refractivity contribution in [1.29, 1.82) is 0 Å². The van der Waals surface area contributed by atoms with Gasteiger partial charge in [0.05, 0.1) is 0 Å². The molecule has 1 aliphatic rings. The smallest absolute Gasteiger partial charge is 0.246 e. The molecule has 3 atom stereocenters. The van der Waals surface area contributed by atoms with E-state index in [0.29, 0.717) is 12.8 Å². The van der Waals surface area contributed by atoms with Gasteiger partial charge in [0, 0.05) is 6.04 Å². The fraction of sp³-hybridized carbons (Fsp3) is 0.857. The molecule has 1 heterocycles. The van der Waals surface area contributed by atoms with E-state index in [1.54, 1.807) is 0 Å². The van der Waals surface area contributed by atoms with Crippen molar-refractivity contribution in [3.63, 3.8) is 0 Å². The van der Waals surface area contributed by atoms with Gasteiger partial charge in [0.15, 0.2) is 0 Å². The fourth-order valence-corrected chi connectivity index (χ4v) is 3.31. The van der Waals surface area contributed by atoms with Gasteiger partial charge in [-0.25, -0.2) is 0 Å². The summed E-state index contributed by atoms with van der Waals surface area (Å²) in [7, 11) is 0. The Morgan fingerprint density at radius 2 is 1.95 bits per heavy atom. The number of amides is 2. The summed E-state index contributed by atoms with van der Waals surface area (Å²) in [5, 5.41) is 2.83. The Balaban J connectivity index is 2.77. The number of piperazine rings is 1. The summed E-state index contributed by atoms with van der Waals surface area (Å²) in [4.78, 5) is 26.3. The molecule has 0 aromatic rings. The molecule has 3 unspecified atom stereocenters. The van der Waals surface area contributed by atoms with Crippen LogP contribution in [0.15, 0.2) is 0 Å². The number of hydrogen-bond acceptors (Lipinski definition) is 3. The molecule has 5 heteroatoms. The van der Waals surface area contributed by atoms with Crippen LogP contribution < -0.4 is 5.32 Å². The molecule has 2 amide bonds. The first kappa shape index (κ1) is 16.3. The van der Waals surface area contributed by atoms with Crippen molar-refractivity contribution < 1.29 is 9.59 Å². The lowest BCUT2D eigenvalue weighted by atomic mass is 10.0. The Kier molecular flexibility index (Phi) is 6.69. The molecule has 0 aromatic carbocycles. The van der Waals surface area contributed by atoms with Crippen molar-refractivity contribution in [2.75, 3.05) is 11.5 Å². The highest BCUT2D eigenvalue weighted by Crippen LogP contribution is 2.20. The lowest BCUT2D eigenvalue weighted by molar-refractivity contribution is -0.152. The second kappa shape index (κ2) is 7.78. The molecule has 4 nitrogen and oxygen atoms in total. The number of rotatable bonds is 7. The van der Waals surface area contributed by atoms with Crippen LogP contribution in [0.5, 0.6) is 0 Å². The van der Waals surface area contributed by atoms with Crippen molar-refractivity contribution in [3.8, 4) is 0 Å². The average Bonchev–Trinajstić information content (AvgIpc) is 2.40. The molecule has 0 bridgehead atoms. The van der Waals surface area contributed by atoms with E-state index in [9.17, 15) is 9.59 Å². The van der Waals surface area contributed by atoms with Crippen molar-refractivity contribution in [3.05, 3.63) is 0 Å². The van der Waals surface area contributed by atoms with Crippen molar-refractivity contribution in [1.82, 2.24) is 10.2 Å². The lowest BCUT2D eigenvalue weighted by Gasteiger charge is -2.42. The minimum Gasteiger partial charge on any atom is -0.343 e. The zero-order valence-corrected chi connectivity index (χ0v) is 13.3. The summed E-state index contributed by atoms with van der Waals surface area (Å²) in [5.41, 5.74) is 0. The first-order valence-corrected chi connectivity index (χ1v) is 8.42. The monoisotopic (exact) mass is 286 g/mol. The second-order valence-electron chi connectivity index (χ2n) is 4.97. The minimum absolute atomic E-state index is 0.00365. The van der Waals surface area contributed by atoms with Gasteiger partial charge in [-0.1, -0.05) is 20.8 Å². The number of carbonyl (C=O) groups is 2. The largest absolute Gasteiger partial charge is 0.343 e. The van der Waals surface area contributed by atoms with E-state index >= 15 is 0 Å². The predicted molar refractivity (Wildman–Crippen MR) is 80.2 cm³/mol. The van der Waals surface area contributed by atoms with Crippen LogP contribution in [0.4, 0.5) is 0 Å². The predicted octanol–water partition coefficient (Wildman–Crippen LogP) is 2.03. The third-order valence-corrected chi connectivity index (χ3v) is 4.59. The van der Waals surface area contributed by atoms with Crippen LogP contribution in [-0.2, 0) is 9.59 Å². The molecule has 1 rings (SSSR count). The number of carbonyl (C=O) groups excluding carboxylic acids is 2. The van der Waals surface area contributed by atoms with Gasteiger partial charge in [-0.15, -0.1) is 0 Å². The Morgan fingerprint density at radius 3 is 2.47 bits per heavy atom. The quantitative estimate of drug-likeness (QED) is 0.729. The van der Waals surface area contributed by atoms with Gasteiger partial charge in [0.1, 0.15) is 12.1 Å². The molecule has 1 N–H and O–H groups in total. The maximum Gasteiger partial charge on any atom is 0.246 e. The van der Waals surface area contributed by atoms with Gasteiger partial charge in [0.2, 0.25) is 11.8 Å². The normalized spacial score (nSPS) is 25.4. The van der Waals surface area contributed by atoms with Crippen LogP contribution in [0, 0.1) is 0 Å². The number of nitrogens with zero attached hydrogens (tertiary/aromatic N) is 1. The van der Waals surface area contributed by atoms with E-state index in [1.807, 2.05) is 30.5 Å². The van der Waals surface area contributed by atoms with Gasteiger partial charge in [-0.2, -0.15) is 11.8 Å². The van der Waals surface area contributed by atoms with E-state index in [1.165, 1.54) is 0 Å². The maximum atomic E-state index is 12.4. The highest BCUT2D eigenvalue weighted by molar-refractivity contribution is 7.99. The van der Waals surface area contributed by atoms with E-state index in [-0.39, 0.29) is 29.9 Å². The summed E-state index contributed by atoms with van der Waals surface area (Å²) >= 11 is 1.88. The van der Waals surface area contributed by atoms with Crippen LogP contribution in [0.1, 0.15) is 47.0 Å². The zero-order valence-electron chi connectivity index (χ0n) is 12.4. The van der Waals surface area contributed by atoms with Gasteiger partial charge < -0.3 is 10.2 Å². The molecule has 0 spiro atoms. The lowest BCUT2D eigenvalue weighted by Crippen LogP contribution is -2.65. The Bertz CT molecular complexity index is 323. The second-order valence-corrected chi connectivity index (χ2v) is 6.37. The van der Waals surface area contributed by atoms with Crippen molar-refractivity contribution >= 4 is 23.6 Å². The maximum absolute atomic E-state index is 12.4. The molecule has 1 fully saturated rings. The van der Waals surface area contributed by atoms with Crippen LogP contribution in [0.3, 0.4) is 0 Å². The minimum atomic E-state index is -0.337. The van der Waals surface area contributed by atoms with Gasteiger partial charge >= 0.3 is 0 Å². The summed E-state index contributed by atoms with van der Waals surface area (Å²) in [6, 6.07) is -0.495. The highest BCUT2D eigenvalue weighted by Gasteiger charge is 2.40. The standard InChI is InChI=1S/C14H26N2O2S/c1-5-11-14(18)16(10(4)8-9-19-7-3)12(6-2)13(17)15-11/h10-12H,5-9H2,1-4H3,(H,15,17). The summed E-state index contributed by atoms with van der Waals surface area (Å²) in [6.45, 7) is 8.09. The molecule has 1 saturated heterocycles. The molecular formula is C14H26N2O2S. The summed E-state index contributed by atoms with van der Waals surface area (Å²) in [5.74, 6) is 2.22. The number of nitrogens with one attached hydrogen (secondary N) is 1. The number of thioether (sulfide) groups is 1. The van der Waals surface area contributed by atoms with Crippen LogP contribution >= 0.6 is 11.8 Å².